The van der Waals surface area contributed by atoms with Gasteiger partial charge in [0.05, 0.1) is 12.3 Å². The molecule has 90 valence electrons. The molecule has 4 nitrogen and oxygen atoms in total. The van der Waals surface area contributed by atoms with Crippen molar-refractivity contribution in [2.75, 3.05) is 4.90 Å². The minimum absolute atomic E-state index is 0.0425. The summed E-state index contributed by atoms with van der Waals surface area (Å²) in [6.45, 7) is 1.86. The van der Waals surface area contributed by atoms with E-state index < -0.39 is 0 Å². The summed E-state index contributed by atoms with van der Waals surface area (Å²) in [5.74, 6) is -0.168. The van der Waals surface area contributed by atoms with Gasteiger partial charge < -0.3 is 5.11 Å². The predicted octanol–water partition coefficient (Wildman–Crippen LogP) is 1.47. The molecular formula is C13H15NO3. The molecule has 4 heteroatoms. The summed E-state index contributed by atoms with van der Waals surface area (Å²) < 4.78 is 0. The molecule has 1 aromatic carbocycles. The van der Waals surface area contributed by atoms with E-state index in [1.54, 1.807) is 24.3 Å². The molecule has 0 bridgehead atoms. The molecule has 0 unspecified atom stereocenters. The second-order valence-electron chi connectivity index (χ2n) is 4.46. The van der Waals surface area contributed by atoms with Crippen LogP contribution in [0.5, 0.6) is 0 Å². The van der Waals surface area contributed by atoms with Crippen LogP contribution in [0.1, 0.15) is 25.3 Å². The molecule has 1 N–H and O–H groups in total. The van der Waals surface area contributed by atoms with Gasteiger partial charge in [-0.2, -0.15) is 0 Å². The lowest BCUT2D eigenvalue weighted by atomic mass is 9.97. The zero-order chi connectivity index (χ0) is 12.4. The zero-order valence-electron chi connectivity index (χ0n) is 9.72. The Morgan fingerprint density at radius 2 is 1.71 bits per heavy atom. The molecule has 0 aliphatic carbocycles. The first kappa shape index (κ1) is 11.8. The number of aliphatic hydroxyl groups excluding tert-OH is 1. The minimum Gasteiger partial charge on any atom is -0.392 e. The standard InChI is InChI=1S/C13H15NO3/c1-9-6-12(16)14(13(17)7-9)11-4-2-10(8-15)3-5-11/h2-5,9,15H,6-8H2,1H3. The average Bonchev–Trinajstić information content (AvgIpc) is 2.28. The van der Waals surface area contributed by atoms with E-state index in [-0.39, 0.29) is 24.3 Å². The highest BCUT2D eigenvalue weighted by Crippen LogP contribution is 2.25. The molecule has 1 aliphatic heterocycles. The van der Waals surface area contributed by atoms with Crippen molar-refractivity contribution in [3.8, 4) is 0 Å². The van der Waals surface area contributed by atoms with Crippen molar-refractivity contribution >= 4 is 17.5 Å². The average molecular weight is 233 g/mol. The minimum atomic E-state index is -0.148. The second-order valence-corrected chi connectivity index (χ2v) is 4.46. The quantitative estimate of drug-likeness (QED) is 0.787. The number of imide groups is 1. The van der Waals surface area contributed by atoms with Gasteiger partial charge in [-0.25, -0.2) is 0 Å². The van der Waals surface area contributed by atoms with Crippen LogP contribution < -0.4 is 4.90 Å². The fourth-order valence-electron chi connectivity index (χ4n) is 2.03. The van der Waals surface area contributed by atoms with Crippen LogP contribution in [0.3, 0.4) is 0 Å². The SMILES string of the molecule is CC1CC(=O)N(c2ccc(CO)cc2)C(=O)C1. The van der Waals surface area contributed by atoms with Gasteiger partial charge in [0.15, 0.2) is 0 Å². The summed E-state index contributed by atoms with van der Waals surface area (Å²) >= 11 is 0. The number of amides is 2. The largest absolute Gasteiger partial charge is 0.392 e. The Hall–Kier alpha value is -1.68. The summed E-state index contributed by atoms with van der Waals surface area (Å²) in [6, 6.07) is 6.82. The van der Waals surface area contributed by atoms with Crippen molar-refractivity contribution in [1.29, 1.82) is 0 Å². The molecule has 0 radical (unpaired) electrons. The van der Waals surface area contributed by atoms with E-state index in [0.29, 0.717) is 18.5 Å². The molecule has 1 saturated heterocycles. The van der Waals surface area contributed by atoms with Crippen molar-refractivity contribution in [3.05, 3.63) is 29.8 Å². The van der Waals surface area contributed by atoms with Gasteiger partial charge in [0.25, 0.3) is 0 Å². The first-order valence-corrected chi connectivity index (χ1v) is 5.67. The second kappa shape index (κ2) is 4.67. The summed E-state index contributed by atoms with van der Waals surface area (Å²) in [7, 11) is 0. The number of rotatable bonds is 2. The summed E-state index contributed by atoms with van der Waals surface area (Å²) in [6.07, 6.45) is 0.820. The summed E-state index contributed by atoms with van der Waals surface area (Å²) in [5.41, 5.74) is 1.35. The van der Waals surface area contributed by atoms with Gasteiger partial charge in [-0.15, -0.1) is 0 Å². The highest BCUT2D eigenvalue weighted by Gasteiger charge is 2.31. The molecule has 0 aromatic heterocycles. The van der Waals surface area contributed by atoms with Crippen molar-refractivity contribution < 1.29 is 14.7 Å². The van der Waals surface area contributed by atoms with E-state index in [0.717, 1.165) is 5.56 Å². The molecule has 1 aliphatic rings. The van der Waals surface area contributed by atoms with E-state index in [2.05, 4.69) is 0 Å². The van der Waals surface area contributed by atoms with Crippen LogP contribution >= 0.6 is 0 Å². The maximum absolute atomic E-state index is 11.8. The third-order valence-corrected chi connectivity index (χ3v) is 2.92. The van der Waals surface area contributed by atoms with Gasteiger partial charge in [-0.3, -0.25) is 14.5 Å². The Morgan fingerprint density at radius 3 is 2.18 bits per heavy atom. The van der Waals surface area contributed by atoms with Crippen LogP contribution in [0.4, 0.5) is 5.69 Å². The number of hydrogen-bond donors (Lipinski definition) is 1. The molecule has 1 heterocycles. The normalized spacial score (nSPS) is 17.6. The fraction of sp³-hybridized carbons (Fsp3) is 0.385. The van der Waals surface area contributed by atoms with Crippen LogP contribution in [0.2, 0.25) is 0 Å². The third-order valence-electron chi connectivity index (χ3n) is 2.92. The number of carbonyl (C=O) groups excluding carboxylic acids is 2. The number of aliphatic hydroxyl groups is 1. The lowest BCUT2D eigenvalue weighted by Gasteiger charge is -2.28. The molecule has 0 spiro atoms. The number of carbonyl (C=O) groups is 2. The van der Waals surface area contributed by atoms with E-state index >= 15 is 0 Å². The number of benzene rings is 1. The molecule has 0 atom stereocenters. The van der Waals surface area contributed by atoms with Crippen LogP contribution in [-0.4, -0.2) is 16.9 Å². The molecule has 2 amide bonds. The van der Waals surface area contributed by atoms with Gasteiger partial charge in [-0.1, -0.05) is 19.1 Å². The van der Waals surface area contributed by atoms with Crippen LogP contribution in [0.25, 0.3) is 0 Å². The Balaban J connectivity index is 2.25. The Labute approximate surface area is 99.9 Å². The van der Waals surface area contributed by atoms with Gasteiger partial charge in [-0.05, 0) is 23.6 Å². The molecule has 1 aromatic rings. The highest BCUT2D eigenvalue weighted by atomic mass is 16.3. The van der Waals surface area contributed by atoms with Crippen molar-refractivity contribution in [2.45, 2.75) is 26.4 Å². The summed E-state index contributed by atoms with van der Waals surface area (Å²) in [4.78, 5) is 24.9. The summed E-state index contributed by atoms with van der Waals surface area (Å²) in [5, 5.41) is 8.93. The number of anilines is 1. The van der Waals surface area contributed by atoms with E-state index in [1.807, 2.05) is 6.92 Å². The van der Waals surface area contributed by atoms with Gasteiger partial charge in [0.2, 0.25) is 11.8 Å². The number of nitrogens with zero attached hydrogens (tertiary/aromatic N) is 1. The van der Waals surface area contributed by atoms with Crippen LogP contribution in [0.15, 0.2) is 24.3 Å². The van der Waals surface area contributed by atoms with Crippen molar-refractivity contribution in [2.24, 2.45) is 5.92 Å². The first-order valence-electron chi connectivity index (χ1n) is 5.67. The van der Waals surface area contributed by atoms with E-state index in [1.165, 1.54) is 4.90 Å². The Bertz CT molecular complexity index is 420. The Morgan fingerprint density at radius 1 is 1.18 bits per heavy atom. The van der Waals surface area contributed by atoms with Crippen LogP contribution in [0, 0.1) is 5.92 Å². The van der Waals surface area contributed by atoms with Gasteiger partial charge >= 0.3 is 0 Å². The lowest BCUT2D eigenvalue weighted by molar-refractivity contribution is -0.130. The molecule has 2 rings (SSSR count). The topological polar surface area (TPSA) is 57.6 Å². The van der Waals surface area contributed by atoms with E-state index in [4.69, 9.17) is 5.11 Å². The molecule has 0 saturated carbocycles. The maximum Gasteiger partial charge on any atom is 0.234 e. The molecule has 17 heavy (non-hydrogen) atoms. The molecular weight excluding hydrogens is 218 g/mol. The lowest BCUT2D eigenvalue weighted by Crippen LogP contribution is -2.42. The zero-order valence-corrected chi connectivity index (χ0v) is 9.72. The third kappa shape index (κ3) is 2.36. The monoisotopic (exact) mass is 233 g/mol. The first-order chi connectivity index (χ1) is 8.11. The maximum atomic E-state index is 11.8. The highest BCUT2D eigenvalue weighted by molar-refractivity contribution is 6.16. The predicted molar refractivity (Wildman–Crippen MR) is 63.3 cm³/mol. The molecule has 1 fully saturated rings. The van der Waals surface area contributed by atoms with Crippen LogP contribution in [-0.2, 0) is 16.2 Å². The van der Waals surface area contributed by atoms with Crippen molar-refractivity contribution in [3.63, 3.8) is 0 Å². The van der Waals surface area contributed by atoms with E-state index in [9.17, 15) is 9.59 Å². The Kier molecular flexibility index (Phi) is 3.24. The fourth-order valence-corrected chi connectivity index (χ4v) is 2.03. The van der Waals surface area contributed by atoms with Gasteiger partial charge in [0.1, 0.15) is 0 Å². The van der Waals surface area contributed by atoms with Gasteiger partial charge in [0, 0.05) is 12.8 Å². The smallest absolute Gasteiger partial charge is 0.234 e. The number of hydrogen-bond acceptors (Lipinski definition) is 3. The van der Waals surface area contributed by atoms with Crippen molar-refractivity contribution in [1.82, 2.24) is 0 Å². The number of piperidine rings is 1.